The molecule has 1 saturated heterocycles. The molecule has 2 N–H and O–H groups in total. The van der Waals surface area contributed by atoms with Crippen LogP contribution in [0.3, 0.4) is 0 Å². The van der Waals surface area contributed by atoms with E-state index < -0.39 is 13.7 Å². The number of H-pyrrole nitrogens is 1. The first-order valence-corrected chi connectivity index (χ1v) is 22.8. The summed E-state index contributed by atoms with van der Waals surface area (Å²) in [6, 6.07) is 8.28. The normalized spacial score (nSPS) is 17.7. The molecule has 1 aromatic carbocycles. The van der Waals surface area contributed by atoms with Gasteiger partial charge in [-0.05, 0) is 87.9 Å². The fourth-order valence-electron chi connectivity index (χ4n) is 7.14. The van der Waals surface area contributed by atoms with Crippen LogP contribution in [-0.4, -0.2) is 70.6 Å². The average molecular weight is 734 g/mol. The molecular weight excluding hydrogens is 675 g/mol. The number of fused-ring (bicyclic) bond motifs is 1. The van der Waals surface area contributed by atoms with Crippen molar-refractivity contribution in [3.63, 3.8) is 0 Å². The molecule has 2 amide bonds. The van der Waals surface area contributed by atoms with Crippen molar-refractivity contribution in [1.82, 2.24) is 24.8 Å². The maximum Gasteiger partial charge on any atom is 0.410 e. The molecule has 2 fully saturated rings. The third-order valence-corrected chi connectivity index (χ3v) is 12.2. The zero-order chi connectivity index (χ0) is 37.7. The van der Waals surface area contributed by atoms with Gasteiger partial charge >= 0.3 is 6.09 Å². The number of unbranched alkanes of at least 4 members (excludes halogenated alkanes) is 2. The Balaban J connectivity index is 1.36. The van der Waals surface area contributed by atoms with Crippen LogP contribution < -0.4 is 10.9 Å². The van der Waals surface area contributed by atoms with Crippen LogP contribution in [0.15, 0.2) is 41.5 Å². The predicted octanol–water partition coefficient (Wildman–Crippen LogP) is 7.83. The Morgan fingerprint density at radius 2 is 1.85 bits per heavy atom. The highest BCUT2D eigenvalue weighted by Gasteiger charge is 2.59. The summed E-state index contributed by atoms with van der Waals surface area (Å²) in [5.74, 6) is 0.918. The smallest absolute Gasteiger partial charge is 0.410 e. The molecule has 284 valence electrons. The first kappa shape index (κ1) is 39.4. The predicted molar refractivity (Wildman–Crippen MR) is 207 cm³/mol. The van der Waals surface area contributed by atoms with Crippen LogP contribution in [-0.2, 0) is 25.8 Å². The van der Waals surface area contributed by atoms with Gasteiger partial charge in [0.15, 0.2) is 0 Å². The lowest BCUT2D eigenvalue weighted by atomic mass is 9.90. The lowest BCUT2D eigenvalue weighted by molar-refractivity contribution is -0.124. The van der Waals surface area contributed by atoms with Crippen LogP contribution in [0.5, 0.6) is 0 Å². The van der Waals surface area contributed by atoms with Crippen LogP contribution in [0, 0.1) is 11.3 Å². The molecule has 3 heterocycles. The Morgan fingerprint density at radius 1 is 1.10 bits per heavy atom. The van der Waals surface area contributed by atoms with Crippen LogP contribution in [0.2, 0.25) is 25.7 Å². The van der Waals surface area contributed by atoms with Gasteiger partial charge in [-0.2, -0.15) is 0 Å². The number of ketones is 1. The van der Waals surface area contributed by atoms with Gasteiger partial charge in [0.2, 0.25) is 5.91 Å². The molecule has 1 aliphatic heterocycles. The van der Waals surface area contributed by atoms with Crippen molar-refractivity contribution in [3.05, 3.63) is 52.8 Å². The summed E-state index contributed by atoms with van der Waals surface area (Å²) < 4.78 is 13.9. The van der Waals surface area contributed by atoms with Gasteiger partial charge in [-0.25, -0.2) is 9.78 Å². The van der Waals surface area contributed by atoms with E-state index in [1.165, 1.54) is 0 Å². The zero-order valence-electron chi connectivity index (χ0n) is 32.3. The minimum atomic E-state index is -1.30. The van der Waals surface area contributed by atoms with E-state index in [0.717, 1.165) is 67.0 Å². The fourth-order valence-corrected chi connectivity index (χ4v) is 7.89. The van der Waals surface area contributed by atoms with Crippen molar-refractivity contribution in [2.75, 3.05) is 19.7 Å². The van der Waals surface area contributed by atoms with E-state index in [1.54, 1.807) is 11.1 Å². The number of Topliss-reactive ketones (excluding diaryl/α,β-unsaturated/α-hetero) is 1. The first-order valence-electron chi connectivity index (χ1n) is 19.1. The number of amides is 2. The van der Waals surface area contributed by atoms with E-state index in [-0.39, 0.29) is 40.7 Å². The molecule has 2 aliphatic rings. The van der Waals surface area contributed by atoms with E-state index in [0.29, 0.717) is 51.1 Å². The van der Waals surface area contributed by atoms with Gasteiger partial charge in [0.1, 0.15) is 23.9 Å². The number of nitrogens with one attached hydrogen (secondary N) is 2. The third kappa shape index (κ3) is 10.4. The topological polar surface area (TPSA) is 136 Å². The molecule has 0 unspecified atom stereocenters. The Bertz CT molecular complexity index is 1780. The average Bonchev–Trinajstić information content (AvgIpc) is 3.61. The molecule has 12 heteroatoms. The monoisotopic (exact) mass is 733 g/mol. The van der Waals surface area contributed by atoms with Crippen molar-refractivity contribution >= 4 is 36.6 Å². The van der Waals surface area contributed by atoms with Gasteiger partial charge in [0.25, 0.3) is 5.56 Å². The molecule has 2 aromatic heterocycles. The van der Waals surface area contributed by atoms with Gasteiger partial charge < -0.3 is 29.2 Å². The molecule has 1 spiro atoms. The summed E-state index contributed by atoms with van der Waals surface area (Å²) >= 11 is 0. The first-order chi connectivity index (χ1) is 24.6. The second-order valence-corrected chi connectivity index (χ2v) is 22.7. The van der Waals surface area contributed by atoms with E-state index in [9.17, 15) is 19.2 Å². The third-order valence-electron chi connectivity index (χ3n) is 10.5. The maximum absolute atomic E-state index is 14.1. The molecule has 0 radical (unpaired) electrons. The highest BCUT2D eigenvalue weighted by Crippen LogP contribution is 2.59. The maximum atomic E-state index is 14.1. The number of benzene rings is 1. The number of aromatic nitrogens is 3. The summed E-state index contributed by atoms with van der Waals surface area (Å²) in [5, 5.41) is 4.85. The molecular formula is C40H59N5O6Si. The number of carbonyl (C=O) groups is 3. The number of nitrogens with zero attached hydrogens (tertiary/aromatic N) is 3. The van der Waals surface area contributed by atoms with Gasteiger partial charge in [0.05, 0.1) is 11.7 Å². The van der Waals surface area contributed by atoms with Crippen molar-refractivity contribution in [1.29, 1.82) is 0 Å². The highest BCUT2D eigenvalue weighted by molar-refractivity contribution is 6.76. The largest absolute Gasteiger partial charge is 0.444 e. The van der Waals surface area contributed by atoms with Crippen LogP contribution in [0.1, 0.15) is 97.3 Å². The number of ether oxygens (including phenoxy) is 2. The standard InChI is InChI=1S/C40H59N5O6Si/c1-8-30(46)12-10-9-11-13-33(43-37(48)32-25-40(32)17-20-44(21-18-40)38(49)51-39(2,3)4)35-42-34(26-45(35)27-50-22-23-52(5,6)7)29-14-15-31-28(24-29)16-19-41-36(31)47/h14-16,19,24,26,32-33H,8-13,17-18,20-23,25,27H2,1-7H3,(H,41,47)(H,43,48)/t32-,33+/m1/s1. The lowest BCUT2D eigenvalue weighted by Gasteiger charge is -2.34. The van der Waals surface area contributed by atoms with Crippen molar-refractivity contribution < 1.29 is 23.9 Å². The molecule has 1 aliphatic carbocycles. The van der Waals surface area contributed by atoms with Gasteiger partial charge in [0, 0.05) is 69.9 Å². The second-order valence-electron chi connectivity index (χ2n) is 17.1. The number of pyridine rings is 1. The molecule has 0 bridgehead atoms. The van der Waals surface area contributed by atoms with Crippen molar-refractivity contribution in [2.24, 2.45) is 11.3 Å². The van der Waals surface area contributed by atoms with Crippen LogP contribution in [0.4, 0.5) is 4.79 Å². The van der Waals surface area contributed by atoms with Gasteiger partial charge in [-0.3, -0.25) is 14.4 Å². The number of aromatic amines is 1. The lowest BCUT2D eigenvalue weighted by Crippen LogP contribution is -2.43. The summed E-state index contributed by atoms with van der Waals surface area (Å²) in [4.78, 5) is 60.8. The molecule has 52 heavy (non-hydrogen) atoms. The highest BCUT2D eigenvalue weighted by atomic mass is 28.3. The number of imidazole rings is 1. The second kappa shape index (κ2) is 16.5. The number of hydrogen-bond donors (Lipinski definition) is 2. The summed E-state index contributed by atoms with van der Waals surface area (Å²) in [6.45, 7) is 16.6. The molecule has 1 saturated carbocycles. The fraction of sp³-hybridized carbons (Fsp3) is 0.625. The molecule has 11 nitrogen and oxygen atoms in total. The number of likely N-dealkylation sites (tertiary alicyclic amines) is 1. The summed E-state index contributed by atoms with van der Waals surface area (Å²) in [6.07, 6.45) is 10.0. The molecule has 3 aromatic rings. The Morgan fingerprint density at radius 3 is 2.54 bits per heavy atom. The van der Waals surface area contributed by atoms with E-state index in [4.69, 9.17) is 14.5 Å². The van der Waals surface area contributed by atoms with E-state index in [1.807, 2.05) is 62.7 Å². The minimum absolute atomic E-state index is 0.0255. The van der Waals surface area contributed by atoms with E-state index >= 15 is 0 Å². The zero-order valence-corrected chi connectivity index (χ0v) is 33.3. The Hall–Kier alpha value is -3.77. The van der Waals surface area contributed by atoms with Gasteiger partial charge in [-0.15, -0.1) is 0 Å². The van der Waals surface area contributed by atoms with E-state index in [2.05, 4.69) is 29.9 Å². The van der Waals surface area contributed by atoms with Crippen LogP contribution >= 0.6 is 0 Å². The summed E-state index contributed by atoms with van der Waals surface area (Å²) in [5.41, 5.74) is 0.838. The number of piperidine rings is 1. The van der Waals surface area contributed by atoms with Crippen molar-refractivity contribution in [2.45, 2.75) is 130 Å². The Kier molecular flexibility index (Phi) is 12.5. The molecule has 5 rings (SSSR count). The number of rotatable bonds is 16. The summed E-state index contributed by atoms with van der Waals surface area (Å²) in [7, 11) is -1.30. The minimum Gasteiger partial charge on any atom is -0.444 e. The Labute approximate surface area is 309 Å². The SMILES string of the molecule is CCC(=O)CCCCC[C@H](NC(=O)[C@H]1CC12CCN(C(=O)OC(C)(C)C)CC2)c1nc(-c2ccc3c(=O)[nH]ccc3c2)cn1COCC[Si](C)(C)C. The van der Waals surface area contributed by atoms with Gasteiger partial charge in [-0.1, -0.05) is 45.5 Å². The quantitative estimate of drug-likeness (QED) is 0.113. The number of carbonyl (C=O) groups excluding carboxylic acids is 3. The van der Waals surface area contributed by atoms with Crippen molar-refractivity contribution in [3.8, 4) is 11.3 Å². The molecule has 2 atom stereocenters. The number of hydrogen-bond acceptors (Lipinski definition) is 7. The van der Waals surface area contributed by atoms with Crippen LogP contribution in [0.25, 0.3) is 22.0 Å².